The average Bonchev–Trinajstić information content (AvgIpc) is 3.11. The van der Waals surface area contributed by atoms with E-state index in [9.17, 15) is 4.39 Å². The van der Waals surface area contributed by atoms with E-state index < -0.39 is 5.82 Å². The molecule has 5 rings (SSSR count). The van der Waals surface area contributed by atoms with E-state index in [4.69, 9.17) is 11.6 Å². The molecular formula is C22H17ClFN3. The van der Waals surface area contributed by atoms with Crippen LogP contribution in [0.3, 0.4) is 0 Å². The second-order valence-electron chi connectivity index (χ2n) is 6.86. The molecule has 1 aromatic heterocycles. The number of imidazole rings is 1. The topological polar surface area (TPSA) is 31.9 Å². The molecule has 1 aliphatic heterocycles. The van der Waals surface area contributed by atoms with Crippen LogP contribution in [0, 0.1) is 5.82 Å². The van der Waals surface area contributed by atoms with Gasteiger partial charge in [0.1, 0.15) is 11.6 Å². The normalized spacial score (nSPS) is 13.8. The molecule has 0 aliphatic carbocycles. The predicted molar refractivity (Wildman–Crippen MR) is 108 cm³/mol. The lowest BCUT2D eigenvalue weighted by molar-refractivity contribution is 0.630. The molecule has 0 atom stereocenters. The van der Waals surface area contributed by atoms with Gasteiger partial charge in [-0.3, -0.25) is 0 Å². The van der Waals surface area contributed by atoms with Crippen molar-refractivity contribution in [2.45, 2.75) is 13.0 Å². The first-order valence-electron chi connectivity index (χ1n) is 8.94. The van der Waals surface area contributed by atoms with Crippen molar-refractivity contribution in [1.82, 2.24) is 9.97 Å². The zero-order valence-corrected chi connectivity index (χ0v) is 15.3. The second kappa shape index (κ2) is 6.39. The van der Waals surface area contributed by atoms with Crippen LogP contribution in [-0.2, 0) is 13.0 Å². The summed E-state index contributed by atoms with van der Waals surface area (Å²) in [5.41, 5.74) is 6.24. The molecule has 0 unspecified atom stereocenters. The highest BCUT2D eigenvalue weighted by atomic mass is 35.5. The predicted octanol–water partition coefficient (Wildman–Crippen LogP) is 5.59. The number of nitrogens with one attached hydrogen (secondary N) is 1. The van der Waals surface area contributed by atoms with Gasteiger partial charge in [0.15, 0.2) is 0 Å². The summed E-state index contributed by atoms with van der Waals surface area (Å²) in [6, 6.07) is 19.8. The third kappa shape index (κ3) is 2.96. The van der Waals surface area contributed by atoms with Crippen LogP contribution in [0.15, 0.2) is 60.7 Å². The van der Waals surface area contributed by atoms with Gasteiger partial charge >= 0.3 is 0 Å². The van der Waals surface area contributed by atoms with Crippen molar-refractivity contribution in [3.05, 3.63) is 82.6 Å². The van der Waals surface area contributed by atoms with E-state index in [0.717, 1.165) is 30.8 Å². The number of aromatic nitrogens is 2. The Morgan fingerprint density at radius 1 is 1.00 bits per heavy atom. The molecule has 0 fully saturated rings. The van der Waals surface area contributed by atoms with Gasteiger partial charge in [-0.1, -0.05) is 48.0 Å². The number of hydrogen-bond acceptors (Lipinski definition) is 2. The summed E-state index contributed by atoms with van der Waals surface area (Å²) in [5, 5.41) is 0.0845. The van der Waals surface area contributed by atoms with E-state index >= 15 is 0 Å². The van der Waals surface area contributed by atoms with Crippen LogP contribution in [-0.4, -0.2) is 16.5 Å². The number of aromatic amines is 1. The van der Waals surface area contributed by atoms with Crippen molar-refractivity contribution in [2.75, 3.05) is 11.4 Å². The average molecular weight is 378 g/mol. The molecule has 3 aromatic carbocycles. The highest BCUT2D eigenvalue weighted by Gasteiger charge is 2.17. The summed E-state index contributed by atoms with van der Waals surface area (Å²) >= 11 is 5.88. The Hall–Kier alpha value is -2.85. The molecule has 2 heterocycles. The minimum atomic E-state index is -0.444. The smallest absolute Gasteiger partial charge is 0.144 e. The Bertz CT molecular complexity index is 1110. The maximum absolute atomic E-state index is 13.7. The molecule has 1 aliphatic rings. The fraction of sp³-hybridized carbons (Fsp3) is 0.136. The molecule has 4 aromatic rings. The van der Waals surface area contributed by atoms with E-state index in [1.165, 1.54) is 17.2 Å². The van der Waals surface area contributed by atoms with Gasteiger partial charge in [0.2, 0.25) is 0 Å². The molecule has 0 spiro atoms. The number of rotatable bonds is 2. The molecule has 1 N–H and O–H groups in total. The summed E-state index contributed by atoms with van der Waals surface area (Å²) < 4.78 is 13.7. The molecule has 3 nitrogen and oxygen atoms in total. The molecule has 0 saturated carbocycles. The first-order valence-corrected chi connectivity index (χ1v) is 9.32. The minimum absolute atomic E-state index is 0.0845. The third-order valence-corrected chi connectivity index (χ3v) is 5.43. The summed E-state index contributed by atoms with van der Waals surface area (Å²) in [7, 11) is 0. The van der Waals surface area contributed by atoms with Crippen molar-refractivity contribution in [1.29, 1.82) is 0 Å². The highest BCUT2D eigenvalue weighted by Crippen LogP contribution is 2.29. The van der Waals surface area contributed by atoms with Crippen LogP contribution in [0.5, 0.6) is 0 Å². The molecule has 27 heavy (non-hydrogen) atoms. The number of anilines is 1. The Kier molecular flexibility index (Phi) is 3.87. The van der Waals surface area contributed by atoms with Crippen LogP contribution in [0.4, 0.5) is 10.1 Å². The molecule has 0 saturated heterocycles. The maximum Gasteiger partial charge on any atom is 0.144 e. The van der Waals surface area contributed by atoms with Crippen LogP contribution < -0.4 is 4.90 Å². The number of halogens is 2. The number of benzene rings is 3. The van der Waals surface area contributed by atoms with Crippen LogP contribution in [0.2, 0.25) is 5.02 Å². The van der Waals surface area contributed by atoms with Gasteiger partial charge in [-0.15, -0.1) is 0 Å². The van der Waals surface area contributed by atoms with E-state index in [0.29, 0.717) is 16.9 Å². The summed E-state index contributed by atoms with van der Waals surface area (Å²) in [6.45, 7) is 1.89. The molecular weight excluding hydrogens is 361 g/mol. The van der Waals surface area contributed by atoms with Gasteiger partial charge in [-0.05, 0) is 35.7 Å². The van der Waals surface area contributed by atoms with E-state index in [1.54, 1.807) is 6.07 Å². The SMILES string of the molecule is Fc1cc2[nH]c(-c3cccc(N4CCc5ccccc5C4)c3)nc2cc1Cl. The Morgan fingerprint density at radius 3 is 2.74 bits per heavy atom. The third-order valence-electron chi connectivity index (χ3n) is 5.14. The van der Waals surface area contributed by atoms with Gasteiger partial charge in [0.05, 0.1) is 16.1 Å². The molecule has 0 bridgehead atoms. The van der Waals surface area contributed by atoms with Gasteiger partial charge in [0.25, 0.3) is 0 Å². The van der Waals surface area contributed by atoms with Gasteiger partial charge in [0, 0.05) is 30.4 Å². The number of hydrogen-bond donors (Lipinski definition) is 1. The number of nitrogens with zero attached hydrogens (tertiary/aromatic N) is 2. The lowest BCUT2D eigenvalue weighted by atomic mass is 9.99. The van der Waals surface area contributed by atoms with Crippen molar-refractivity contribution >= 4 is 28.3 Å². The number of fused-ring (bicyclic) bond motifs is 2. The second-order valence-corrected chi connectivity index (χ2v) is 7.27. The Balaban J connectivity index is 1.49. The fourth-order valence-electron chi connectivity index (χ4n) is 3.71. The first-order chi connectivity index (χ1) is 13.2. The van der Waals surface area contributed by atoms with Crippen molar-refractivity contribution < 1.29 is 4.39 Å². The number of H-pyrrole nitrogens is 1. The van der Waals surface area contributed by atoms with E-state index in [1.807, 2.05) is 12.1 Å². The van der Waals surface area contributed by atoms with E-state index in [-0.39, 0.29) is 5.02 Å². The lowest BCUT2D eigenvalue weighted by Crippen LogP contribution is -2.30. The Morgan fingerprint density at radius 2 is 1.85 bits per heavy atom. The van der Waals surface area contributed by atoms with Crippen molar-refractivity contribution in [3.63, 3.8) is 0 Å². The monoisotopic (exact) mass is 377 g/mol. The van der Waals surface area contributed by atoms with Crippen LogP contribution in [0.25, 0.3) is 22.4 Å². The largest absolute Gasteiger partial charge is 0.367 e. The fourth-order valence-corrected chi connectivity index (χ4v) is 3.87. The first kappa shape index (κ1) is 16.3. The van der Waals surface area contributed by atoms with Gasteiger partial charge < -0.3 is 9.88 Å². The molecule has 5 heteroatoms. The maximum atomic E-state index is 13.7. The van der Waals surface area contributed by atoms with Gasteiger partial charge in [-0.2, -0.15) is 0 Å². The van der Waals surface area contributed by atoms with Crippen LogP contribution in [0.1, 0.15) is 11.1 Å². The van der Waals surface area contributed by atoms with Crippen molar-refractivity contribution in [3.8, 4) is 11.4 Å². The highest BCUT2D eigenvalue weighted by molar-refractivity contribution is 6.31. The lowest BCUT2D eigenvalue weighted by Gasteiger charge is -2.31. The zero-order valence-electron chi connectivity index (χ0n) is 14.5. The zero-order chi connectivity index (χ0) is 18.4. The standard InChI is InChI=1S/C22H17ClFN3/c23-18-11-20-21(12-19(18)24)26-22(25-20)15-6-3-7-17(10-15)27-9-8-14-4-1-2-5-16(14)13-27/h1-7,10-12H,8-9,13H2,(H,25,26). The molecule has 134 valence electrons. The molecule has 0 amide bonds. The van der Waals surface area contributed by atoms with E-state index in [2.05, 4.69) is 51.3 Å². The Labute approximate surface area is 161 Å². The summed E-state index contributed by atoms with van der Waals surface area (Å²) in [6.07, 6.45) is 1.04. The summed E-state index contributed by atoms with van der Waals surface area (Å²) in [4.78, 5) is 10.2. The summed E-state index contributed by atoms with van der Waals surface area (Å²) in [5.74, 6) is 0.269. The molecule has 0 radical (unpaired) electrons. The van der Waals surface area contributed by atoms with Gasteiger partial charge in [-0.25, -0.2) is 9.37 Å². The van der Waals surface area contributed by atoms with Crippen molar-refractivity contribution in [2.24, 2.45) is 0 Å². The quantitative estimate of drug-likeness (QED) is 0.494. The minimum Gasteiger partial charge on any atom is -0.367 e. The van der Waals surface area contributed by atoms with Crippen LogP contribution >= 0.6 is 11.6 Å².